The van der Waals surface area contributed by atoms with Crippen LogP contribution in [0, 0.1) is 5.41 Å². The standard InChI is InChI=1S/C5H14N4O2S/c6-5(7)3-1-2-4-9-12(8,10)11/h9H,1-4H2,(H3,6,7)(H2,8,10,11). The highest BCUT2D eigenvalue weighted by molar-refractivity contribution is 7.87. The molecule has 0 aromatic rings. The predicted molar refractivity (Wildman–Crippen MR) is 46.9 cm³/mol. The lowest BCUT2D eigenvalue weighted by Crippen LogP contribution is -2.31. The molecule has 0 bridgehead atoms. The van der Waals surface area contributed by atoms with Crippen LogP contribution in [0.2, 0.25) is 0 Å². The van der Waals surface area contributed by atoms with Crippen molar-refractivity contribution >= 4 is 16.0 Å². The minimum atomic E-state index is -3.56. The van der Waals surface area contributed by atoms with E-state index in [1.165, 1.54) is 0 Å². The summed E-state index contributed by atoms with van der Waals surface area (Å²) in [6.45, 7) is 0.298. The molecule has 0 aliphatic heterocycles. The van der Waals surface area contributed by atoms with Gasteiger partial charge in [-0.3, -0.25) is 5.41 Å². The van der Waals surface area contributed by atoms with E-state index in [4.69, 9.17) is 11.1 Å². The largest absolute Gasteiger partial charge is 0.388 e. The minimum absolute atomic E-state index is 0.116. The molecule has 72 valence electrons. The van der Waals surface area contributed by atoms with Gasteiger partial charge in [-0.05, 0) is 12.8 Å². The Bertz CT molecular complexity index is 236. The van der Waals surface area contributed by atoms with Gasteiger partial charge in [-0.25, -0.2) is 9.86 Å². The Hall–Kier alpha value is -0.660. The number of hydrogen-bond acceptors (Lipinski definition) is 3. The van der Waals surface area contributed by atoms with Crippen LogP contribution in [0.3, 0.4) is 0 Å². The van der Waals surface area contributed by atoms with E-state index in [2.05, 4.69) is 9.86 Å². The summed E-state index contributed by atoms with van der Waals surface area (Å²) in [5.74, 6) is 0.116. The van der Waals surface area contributed by atoms with Crippen LogP contribution in [-0.4, -0.2) is 20.8 Å². The third kappa shape index (κ3) is 9.34. The normalized spacial score (nSPS) is 11.4. The molecule has 6 N–H and O–H groups in total. The van der Waals surface area contributed by atoms with Crippen molar-refractivity contribution in [3.8, 4) is 0 Å². The van der Waals surface area contributed by atoms with Gasteiger partial charge in [0.15, 0.2) is 0 Å². The van der Waals surface area contributed by atoms with E-state index in [1.54, 1.807) is 0 Å². The molecule has 0 unspecified atom stereocenters. The summed E-state index contributed by atoms with van der Waals surface area (Å²) in [4.78, 5) is 0. The van der Waals surface area contributed by atoms with Crippen LogP contribution in [0.1, 0.15) is 19.3 Å². The zero-order valence-corrected chi connectivity index (χ0v) is 7.52. The number of hydrogen-bond donors (Lipinski definition) is 4. The Kier molecular flexibility index (Phi) is 4.79. The van der Waals surface area contributed by atoms with Gasteiger partial charge >= 0.3 is 0 Å². The summed E-state index contributed by atoms with van der Waals surface area (Å²) in [6, 6.07) is 0. The second-order valence-electron chi connectivity index (χ2n) is 2.42. The Labute approximate surface area is 72.0 Å². The molecule has 12 heavy (non-hydrogen) atoms. The number of nitrogens with one attached hydrogen (secondary N) is 2. The highest BCUT2D eigenvalue weighted by atomic mass is 32.2. The average Bonchev–Trinajstić information content (AvgIpc) is 1.83. The number of nitrogens with two attached hydrogens (primary N) is 2. The maximum atomic E-state index is 10.3. The fourth-order valence-electron chi connectivity index (χ4n) is 0.655. The Morgan fingerprint density at radius 3 is 2.42 bits per heavy atom. The maximum Gasteiger partial charge on any atom is 0.274 e. The van der Waals surface area contributed by atoms with Crippen LogP contribution in [0.25, 0.3) is 0 Å². The van der Waals surface area contributed by atoms with Gasteiger partial charge in [-0.1, -0.05) is 0 Å². The zero-order chi connectivity index (χ0) is 9.61. The summed E-state index contributed by atoms with van der Waals surface area (Å²) < 4.78 is 22.8. The second kappa shape index (κ2) is 5.07. The van der Waals surface area contributed by atoms with E-state index in [0.717, 1.165) is 0 Å². The van der Waals surface area contributed by atoms with Crippen molar-refractivity contribution in [3.05, 3.63) is 0 Å². The first-order valence-corrected chi connectivity index (χ1v) is 5.07. The summed E-state index contributed by atoms with van der Waals surface area (Å²) in [5.41, 5.74) is 5.08. The molecular weight excluding hydrogens is 180 g/mol. The molecule has 0 aliphatic rings. The lowest BCUT2D eigenvalue weighted by Gasteiger charge is -2.00. The summed E-state index contributed by atoms with van der Waals surface area (Å²) in [7, 11) is -3.56. The molecule has 0 aliphatic carbocycles. The Morgan fingerprint density at radius 1 is 1.42 bits per heavy atom. The number of amidine groups is 1. The first kappa shape index (κ1) is 11.3. The molecule has 0 rings (SSSR count). The highest BCUT2D eigenvalue weighted by Crippen LogP contribution is 1.92. The van der Waals surface area contributed by atoms with Gasteiger partial charge in [0.2, 0.25) is 0 Å². The van der Waals surface area contributed by atoms with Crippen molar-refractivity contribution in [3.63, 3.8) is 0 Å². The van der Waals surface area contributed by atoms with Gasteiger partial charge in [0.05, 0.1) is 5.84 Å². The Balaban J connectivity index is 3.29. The lowest BCUT2D eigenvalue weighted by atomic mass is 10.2. The quantitative estimate of drug-likeness (QED) is 0.243. The molecule has 0 aromatic carbocycles. The van der Waals surface area contributed by atoms with E-state index in [0.29, 0.717) is 25.8 Å². The summed E-state index contributed by atoms with van der Waals surface area (Å²) >= 11 is 0. The molecular formula is C5H14N4O2S. The molecule has 6 nitrogen and oxygen atoms in total. The van der Waals surface area contributed by atoms with E-state index in [9.17, 15) is 8.42 Å². The van der Waals surface area contributed by atoms with Gasteiger partial charge in [0, 0.05) is 13.0 Å². The van der Waals surface area contributed by atoms with Gasteiger partial charge in [0.1, 0.15) is 0 Å². The molecule has 0 amide bonds. The molecule has 0 aromatic heterocycles. The van der Waals surface area contributed by atoms with Gasteiger partial charge in [-0.2, -0.15) is 8.42 Å². The van der Waals surface area contributed by atoms with E-state index < -0.39 is 10.2 Å². The van der Waals surface area contributed by atoms with Gasteiger partial charge in [-0.15, -0.1) is 0 Å². The topological polar surface area (TPSA) is 122 Å². The van der Waals surface area contributed by atoms with Crippen LogP contribution >= 0.6 is 0 Å². The average molecular weight is 194 g/mol. The number of unbranched alkanes of at least 4 members (excludes halogenated alkanes) is 1. The fraction of sp³-hybridized carbons (Fsp3) is 0.800. The minimum Gasteiger partial charge on any atom is -0.388 e. The smallest absolute Gasteiger partial charge is 0.274 e. The maximum absolute atomic E-state index is 10.3. The Morgan fingerprint density at radius 2 is 2.00 bits per heavy atom. The molecule has 0 saturated carbocycles. The molecule has 0 radical (unpaired) electrons. The zero-order valence-electron chi connectivity index (χ0n) is 6.71. The molecule has 0 saturated heterocycles. The van der Waals surface area contributed by atoms with Crippen LogP contribution < -0.4 is 15.6 Å². The van der Waals surface area contributed by atoms with Crippen molar-refractivity contribution in [2.75, 3.05) is 6.54 Å². The van der Waals surface area contributed by atoms with Crippen LogP contribution in [0.4, 0.5) is 0 Å². The lowest BCUT2D eigenvalue weighted by molar-refractivity contribution is 0.579. The van der Waals surface area contributed by atoms with E-state index >= 15 is 0 Å². The van der Waals surface area contributed by atoms with E-state index in [-0.39, 0.29) is 5.84 Å². The first-order valence-electron chi connectivity index (χ1n) is 3.52. The van der Waals surface area contributed by atoms with Gasteiger partial charge in [0.25, 0.3) is 10.2 Å². The summed E-state index contributed by atoms with van der Waals surface area (Å²) in [5, 5.41) is 11.5. The predicted octanol–water partition coefficient (Wildman–Crippen LogP) is -1.11. The molecule has 0 atom stereocenters. The molecule has 0 heterocycles. The van der Waals surface area contributed by atoms with Crippen molar-refractivity contribution < 1.29 is 8.42 Å². The third-order valence-electron chi connectivity index (χ3n) is 1.18. The summed E-state index contributed by atoms with van der Waals surface area (Å²) in [6.07, 6.45) is 1.82. The molecule has 0 spiro atoms. The first-order chi connectivity index (χ1) is 5.42. The number of rotatable bonds is 6. The SMILES string of the molecule is N=C(N)CCCCNS(N)(=O)=O. The van der Waals surface area contributed by atoms with Crippen LogP contribution in [-0.2, 0) is 10.2 Å². The molecule has 7 heteroatoms. The third-order valence-corrected chi connectivity index (χ3v) is 1.78. The van der Waals surface area contributed by atoms with Crippen molar-refractivity contribution in [2.24, 2.45) is 10.9 Å². The molecule has 0 fully saturated rings. The van der Waals surface area contributed by atoms with Crippen molar-refractivity contribution in [1.29, 1.82) is 5.41 Å². The second-order valence-corrected chi connectivity index (χ2v) is 3.80. The van der Waals surface area contributed by atoms with Crippen LogP contribution in [0.5, 0.6) is 0 Å². The fourth-order valence-corrected chi connectivity index (χ4v) is 1.08. The van der Waals surface area contributed by atoms with E-state index in [1.807, 2.05) is 0 Å². The van der Waals surface area contributed by atoms with Gasteiger partial charge < -0.3 is 5.73 Å². The highest BCUT2D eigenvalue weighted by Gasteiger charge is 1.98. The van der Waals surface area contributed by atoms with Crippen LogP contribution in [0.15, 0.2) is 0 Å². The van der Waals surface area contributed by atoms with Crippen molar-refractivity contribution in [2.45, 2.75) is 19.3 Å². The van der Waals surface area contributed by atoms with Crippen molar-refractivity contribution in [1.82, 2.24) is 4.72 Å². The monoisotopic (exact) mass is 194 g/mol.